The third-order valence-electron chi connectivity index (χ3n) is 6.04. The van der Waals surface area contributed by atoms with Gasteiger partial charge in [0.1, 0.15) is 0 Å². The number of hydrogen-bond donors (Lipinski definition) is 1. The molecule has 174 valence electrons. The summed E-state index contributed by atoms with van der Waals surface area (Å²) in [7, 11) is 2.92. The number of methoxy groups -OCH3 is 1. The maximum absolute atomic E-state index is 12.0. The van der Waals surface area contributed by atoms with Gasteiger partial charge in [0.15, 0.2) is 0 Å². The number of benzene rings is 2. The fraction of sp³-hybridized carbons (Fsp3) is 0.481. The normalized spacial score (nSPS) is 13.6. The van der Waals surface area contributed by atoms with E-state index in [1.54, 1.807) is 11.9 Å². The van der Waals surface area contributed by atoms with E-state index < -0.39 is 17.5 Å². The lowest BCUT2D eigenvalue weighted by molar-refractivity contribution is -0.170. The van der Waals surface area contributed by atoms with Crippen LogP contribution in [0.1, 0.15) is 57.6 Å². The van der Waals surface area contributed by atoms with Crippen molar-refractivity contribution in [2.24, 2.45) is 5.92 Å². The Bertz CT molecular complexity index is 865. The summed E-state index contributed by atoms with van der Waals surface area (Å²) in [5.41, 5.74) is 4.18. The van der Waals surface area contributed by atoms with Crippen molar-refractivity contribution in [2.75, 3.05) is 20.7 Å². The number of unbranched alkanes of at least 4 members (excludes halogenated alkanes) is 2. The number of esters is 1. The van der Waals surface area contributed by atoms with Crippen LogP contribution in [-0.2, 0) is 20.7 Å². The molecule has 0 radical (unpaired) electrons. The number of hydrogen-bond acceptors (Lipinski definition) is 4. The molecule has 5 nitrogen and oxygen atoms in total. The molecule has 5 heteroatoms. The van der Waals surface area contributed by atoms with Crippen molar-refractivity contribution >= 4 is 11.9 Å². The highest BCUT2D eigenvalue weighted by Gasteiger charge is 2.51. The molecule has 0 amide bonds. The van der Waals surface area contributed by atoms with Gasteiger partial charge in [0.25, 0.3) is 0 Å². The van der Waals surface area contributed by atoms with Crippen molar-refractivity contribution in [3.8, 4) is 11.1 Å². The first kappa shape index (κ1) is 25.6. The molecule has 0 saturated carbocycles. The standard InChI is InChI=1S/C14H27NO4.C13H10/c1-6-7-8-9-15(4)14(12(16)17,10-11(2)3)13(18)19-5;1-3-7-12-10(5-1)9-11-6-2-4-8-13(11)12/h11H,6-10H2,1-5H3,(H,16,17);1-8H,9H2/t14-;/m0./s1. The van der Waals surface area contributed by atoms with Crippen LogP contribution in [0.3, 0.4) is 0 Å². The molecule has 1 N–H and O–H groups in total. The average molecular weight is 440 g/mol. The van der Waals surface area contributed by atoms with E-state index in [0.29, 0.717) is 6.54 Å². The van der Waals surface area contributed by atoms with E-state index in [2.05, 4.69) is 55.5 Å². The lowest BCUT2D eigenvalue weighted by atomic mass is 9.87. The second-order valence-electron chi connectivity index (χ2n) is 8.87. The molecule has 1 aliphatic carbocycles. The number of aliphatic carboxylic acids is 1. The van der Waals surface area contributed by atoms with E-state index in [1.165, 1.54) is 29.4 Å². The maximum atomic E-state index is 12.0. The highest BCUT2D eigenvalue weighted by molar-refractivity contribution is 6.04. The van der Waals surface area contributed by atoms with Crippen LogP contribution in [0.15, 0.2) is 48.5 Å². The Morgan fingerprint density at radius 1 is 1.03 bits per heavy atom. The van der Waals surface area contributed by atoms with Crippen molar-refractivity contribution in [3.63, 3.8) is 0 Å². The first-order chi connectivity index (χ1) is 15.3. The summed E-state index contributed by atoms with van der Waals surface area (Å²) in [6.45, 7) is 6.46. The van der Waals surface area contributed by atoms with E-state index in [0.717, 1.165) is 25.7 Å². The zero-order chi connectivity index (χ0) is 23.7. The van der Waals surface area contributed by atoms with Crippen molar-refractivity contribution in [2.45, 2.75) is 58.4 Å². The van der Waals surface area contributed by atoms with Crippen molar-refractivity contribution < 1.29 is 19.4 Å². The Morgan fingerprint density at radius 2 is 1.56 bits per heavy atom. The molecule has 0 heterocycles. The molecule has 0 aliphatic heterocycles. The summed E-state index contributed by atoms with van der Waals surface area (Å²) in [4.78, 5) is 25.4. The molecular weight excluding hydrogens is 402 g/mol. The van der Waals surface area contributed by atoms with E-state index >= 15 is 0 Å². The largest absolute Gasteiger partial charge is 0.479 e. The van der Waals surface area contributed by atoms with Gasteiger partial charge in [0.2, 0.25) is 5.54 Å². The minimum atomic E-state index is -1.57. The molecule has 1 atom stereocenters. The Labute approximate surface area is 192 Å². The highest BCUT2D eigenvalue weighted by atomic mass is 16.5. The number of rotatable bonds is 9. The summed E-state index contributed by atoms with van der Waals surface area (Å²) in [6, 6.07) is 17.3. The molecule has 0 aromatic heterocycles. The van der Waals surface area contributed by atoms with Crippen LogP contribution in [0.25, 0.3) is 11.1 Å². The zero-order valence-electron chi connectivity index (χ0n) is 20.1. The topological polar surface area (TPSA) is 66.8 Å². The lowest BCUT2D eigenvalue weighted by Crippen LogP contribution is -2.60. The van der Waals surface area contributed by atoms with Crippen molar-refractivity contribution in [3.05, 3.63) is 59.7 Å². The first-order valence-corrected chi connectivity index (χ1v) is 11.5. The van der Waals surface area contributed by atoms with Crippen LogP contribution in [0.4, 0.5) is 0 Å². The number of carboxylic acids is 1. The predicted octanol–water partition coefficient (Wildman–Crippen LogP) is 5.41. The average Bonchev–Trinajstić information content (AvgIpc) is 3.16. The fourth-order valence-corrected chi connectivity index (χ4v) is 4.36. The van der Waals surface area contributed by atoms with Gasteiger partial charge < -0.3 is 9.84 Å². The summed E-state index contributed by atoms with van der Waals surface area (Å²) >= 11 is 0. The fourth-order valence-electron chi connectivity index (χ4n) is 4.36. The molecule has 1 aliphatic rings. The number of ether oxygens (including phenoxy) is 1. The predicted molar refractivity (Wildman–Crippen MR) is 129 cm³/mol. The van der Waals surface area contributed by atoms with Crippen LogP contribution >= 0.6 is 0 Å². The van der Waals surface area contributed by atoms with Gasteiger partial charge in [0, 0.05) is 0 Å². The number of carbonyl (C=O) groups excluding carboxylic acids is 1. The number of likely N-dealkylation sites (N-methyl/N-ethyl adjacent to an activating group) is 1. The van der Waals surface area contributed by atoms with E-state index in [-0.39, 0.29) is 12.3 Å². The number of nitrogens with zero attached hydrogens (tertiary/aromatic N) is 1. The van der Waals surface area contributed by atoms with Gasteiger partial charge in [0.05, 0.1) is 7.11 Å². The third kappa shape index (κ3) is 5.77. The summed E-state index contributed by atoms with van der Waals surface area (Å²) < 4.78 is 4.74. The Morgan fingerprint density at radius 3 is 2.00 bits per heavy atom. The van der Waals surface area contributed by atoms with Gasteiger partial charge in [-0.25, -0.2) is 9.59 Å². The number of carboxylic acid groups (broad SMARTS) is 1. The smallest absolute Gasteiger partial charge is 0.338 e. The number of fused-ring (bicyclic) bond motifs is 3. The minimum Gasteiger partial charge on any atom is -0.479 e. The van der Waals surface area contributed by atoms with E-state index in [4.69, 9.17) is 4.74 Å². The van der Waals surface area contributed by atoms with Gasteiger partial charge in [-0.1, -0.05) is 82.1 Å². The molecule has 0 spiro atoms. The second-order valence-corrected chi connectivity index (χ2v) is 8.87. The van der Waals surface area contributed by atoms with Crippen LogP contribution in [0, 0.1) is 5.92 Å². The van der Waals surface area contributed by atoms with Crippen LogP contribution in [0.2, 0.25) is 0 Å². The van der Waals surface area contributed by atoms with Crippen molar-refractivity contribution in [1.82, 2.24) is 4.90 Å². The zero-order valence-corrected chi connectivity index (χ0v) is 20.1. The maximum Gasteiger partial charge on any atom is 0.338 e. The SMILES string of the molecule is CCCCCN(C)[C@@](CC(C)C)(C(=O)O)C(=O)OC.c1ccc2c(c1)Cc1ccccc1-2. The second kappa shape index (κ2) is 11.8. The molecule has 32 heavy (non-hydrogen) atoms. The van der Waals surface area contributed by atoms with E-state index in [9.17, 15) is 14.7 Å². The molecule has 0 unspecified atom stereocenters. The molecule has 2 aromatic carbocycles. The lowest BCUT2D eigenvalue weighted by Gasteiger charge is -2.36. The monoisotopic (exact) mass is 439 g/mol. The van der Waals surface area contributed by atoms with Gasteiger partial charge in [-0.2, -0.15) is 0 Å². The van der Waals surface area contributed by atoms with Crippen LogP contribution < -0.4 is 0 Å². The van der Waals surface area contributed by atoms with Gasteiger partial charge in [-0.15, -0.1) is 0 Å². The van der Waals surface area contributed by atoms with Gasteiger partial charge in [-0.05, 0) is 61.0 Å². The number of carbonyl (C=O) groups is 2. The quantitative estimate of drug-likeness (QED) is 0.274. The molecule has 0 saturated heterocycles. The third-order valence-corrected chi connectivity index (χ3v) is 6.04. The van der Waals surface area contributed by atoms with Crippen LogP contribution in [-0.4, -0.2) is 48.2 Å². The molecule has 3 rings (SSSR count). The van der Waals surface area contributed by atoms with Crippen molar-refractivity contribution in [1.29, 1.82) is 0 Å². The molecule has 0 bridgehead atoms. The first-order valence-electron chi connectivity index (χ1n) is 11.5. The van der Waals surface area contributed by atoms with Gasteiger partial charge >= 0.3 is 11.9 Å². The van der Waals surface area contributed by atoms with Crippen LogP contribution in [0.5, 0.6) is 0 Å². The van der Waals surface area contributed by atoms with E-state index in [1.807, 2.05) is 13.8 Å². The minimum absolute atomic E-state index is 0.0869. The highest BCUT2D eigenvalue weighted by Crippen LogP contribution is 2.35. The summed E-state index contributed by atoms with van der Waals surface area (Å²) in [5, 5.41) is 9.56. The Balaban J connectivity index is 0.000000239. The molecule has 0 fully saturated rings. The Kier molecular flexibility index (Phi) is 9.45. The summed E-state index contributed by atoms with van der Waals surface area (Å²) in [5.74, 6) is -1.73. The molecular formula is C27H37NO4. The molecule has 2 aromatic rings. The van der Waals surface area contributed by atoms with Gasteiger partial charge in [-0.3, -0.25) is 4.90 Å². The summed E-state index contributed by atoms with van der Waals surface area (Å²) in [6.07, 6.45) is 4.29. The Hall–Kier alpha value is -2.66.